The number of hydrogen-bond donors (Lipinski definition) is 1. The molecule has 106 valence electrons. The standard InChI is InChI=1S/C19H25N/c1-15(2)19-10-8-17(9-11-19)13-18(14-20)12-16-6-4-3-5-7-16/h3-11,15,18H,12-14,20H2,1-2H3. The van der Waals surface area contributed by atoms with Crippen LogP contribution in [0, 0.1) is 5.92 Å². The summed E-state index contributed by atoms with van der Waals surface area (Å²) in [7, 11) is 0. The fourth-order valence-corrected chi connectivity index (χ4v) is 2.56. The summed E-state index contributed by atoms with van der Waals surface area (Å²) in [5.74, 6) is 1.11. The Hall–Kier alpha value is -1.60. The maximum atomic E-state index is 5.95. The van der Waals surface area contributed by atoms with Gasteiger partial charge in [-0.3, -0.25) is 0 Å². The Kier molecular flexibility index (Phi) is 5.37. The van der Waals surface area contributed by atoms with Crippen LogP contribution in [0.3, 0.4) is 0 Å². The van der Waals surface area contributed by atoms with Gasteiger partial charge in [-0.25, -0.2) is 0 Å². The molecule has 0 aromatic heterocycles. The highest BCUT2D eigenvalue weighted by molar-refractivity contribution is 5.25. The van der Waals surface area contributed by atoms with E-state index < -0.39 is 0 Å². The molecule has 0 radical (unpaired) electrons. The lowest BCUT2D eigenvalue weighted by molar-refractivity contribution is 0.533. The zero-order valence-electron chi connectivity index (χ0n) is 12.5. The third-order valence-electron chi connectivity index (χ3n) is 3.87. The van der Waals surface area contributed by atoms with E-state index in [-0.39, 0.29) is 0 Å². The molecule has 2 aromatic rings. The molecule has 0 aliphatic heterocycles. The van der Waals surface area contributed by atoms with E-state index in [0.717, 1.165) is 19.4 Å². The van der Waals surface area contributed by atoms with Crippen LogP contribution >= 0.6 is 0 Å². The van der Waals surface area contributed by atoms with Crippen LogP contribution in [0.15, 0.2) is 54.6 Å². The fraction of sp³-hybridized carbons (Fsp3) is 0.368. The number of rotatable bonds is 6. The Labute approximate surface area is 122 Å². The molecule has 0 amide bonds. The van der Waals surface area contributed by atoms with Crippen LogP contribution in [0.1, 0.15) is 36.5 Å². The normalized spacial score (nSPS) is 12.6. The van der Waals surface area contributed by atoms with Gasteiger partial charge in [0.2, 0.25) is 0 Å². The Bertz CT molecular complexity index is 499. The van der Waals surface area contributed by atoms with Gasteiger partial charge in [-0.2, -0.15) is 0 Å². The highest BCUT2D eigenvalue weighted by Crippen LogP contribution is 2.18. The SMILES string of the molecule is CC(C)c1ccc(CC(CN)Cc2ccccc2)cc1. The van der Waals surface area contributed by atoms with Crippen molar-refractivity contribution in [2.24, 2.45) is 11.7 Å². The van der Waals surface area contributed by atoms with Crippen molar-refractivity contribution in [1.82, 2.24) is 0 Å². The van der Waals surface area contributed by atoms with Crippen molar-refractivity contribution >= 4 is 0 Å². The quantitative estimate of drug-likeness (QED) is 0.835. The first-order chi connectivity index (χ1) is 9.69. The minimum Gasteiger partial charge on any atom is -0.330 e. The number of hydrogen-bond acceptors (Lipinski definition) is 1. The largest absolute Gasteiger partial charge is 0.330 e. The Morgan fingerprint density at radius 3 is 1.85 bits per heavy atom. The molecule has 0 heterocycles. The lowest BCUT2D eigenvalue weighted by Gasteiger charge is -2.15. The van der Waals surface area contributed by atoms with E-state index in [4.69, 9.17) is 5.73 Å². The Morgan fingerprint density at radius 2 is 1.35 bits per heavy atom. The fourth-order valence-electron chi connectivity index (χ4n) is 2.56. The summed E-state index contributed by atoms with van der Waals surface area (Å²) in [6.45, 7) is 5.20. The van der Waals surface area contributed by atoms with Crippen molar-refractivity contribution in [1.29, 1.82) is 0 Å². The summed E-state index contributed by atoms with van der Waals surface area (Å²) in [4.78, 5) is 0. The van der Waals surface area contributed by atoms with Crippen LogP contribution < -0.4 is 5.73 Å². The topological polar surface area (TPSA) is 26.0 Å². The molecule has 2 aromatic carbocycles. The van der Waals surface area contributed by atoms with Crippen molar-refractivity contribution in [2.45, 2.75) is 32.6 Å². The van der Waals surface area contributed by atoms with Gasteiger partial charge in [-0.1, -0.05) is 68.4 Å². The van der Waals surface area contributed by atoms with Gasteiger partial charge in [0.15, 0.2) is 0 Å². The van der Waals surface area contributed by atoms with Crippen molar-refractivity contribution < 1.29 is 0 Å². The van der Waals surface area contributed by atoms with Crippen LogP contribution in [-0.4, -0.2) is 6.54 Å². The smallest absolute Gasteiger partial charge is 0.00425 e. The van der Waals surface area contributed by atoms with E-state index in [0.29, 0.717) is 11.8 Å². The average molecular weight is 267 g/mol. The molecule has 1 atom stereocenters. The second kappa shape index (κ2) is 7.25. The van der Waals surface area contributed by atoms with Crippen molar-refractivity contribution in [2.75, 3.05) is 6.54 Å². The minimum absolute atomic E-state index is 0.516. The average Bonchev–Trinajstić information content (AvgIpc) is 2.48. The second-order valence-corrected chi connectivity index (χ2v) is 5.89. The van der Waals surface area contributed by atoms with Gasteiger partial charge < -0.3 is 5.73 Å². The maximum Gasteiger partial charge on any atom is -0.00425 e. The summed E-state index contributed by atoms with van der Waals surface area (Å²) in [6.07, 6.45) is 2.12. The molecule has 2 N–H and O–H groups in total. The van der Waals surface area contributed by atoms with Gasteiger partial charge in [0.1, 0.15) is 0 Å². The molecule has 1 nitrogen and oxygen atoms in total. The highest BCUT2D eigenvalue weighted by atomic mass is 14.5. The van der Waals surface area contributed by atoms with E-state index in [2.05, 4.69) is 68.4 Å². The van der Waals surface area contributed by atoms with Crippen LogP contribution in [0.2, 0.25) is 0 Å². The molecule has 1 heteroatoms. The van der Waals surface area contributed by atoms with Gasteiger partial charge in [0.25, 0.3) is 0 Å². The monoisotopic (exact) mass is 267 g/mol. The van der Waals surface area contributed by atoms with Gasteiger partial charge in [0.05, 0.1) is 0 Å². The first-order valence-electron chi connectivity index (χ1n) is 7.52. The number of nitrogens with two attached hydrogens (primary N) is 1. The molecular formula is C19H25N. The van der Waals surface area contributed by atoms with Crippen LogP contribution in [0.4, 0.5) is 0 Å². The first kappa shape index (κ1) is 14.8. The van der Waals surface area contributed by atoms with Gasteiger partial charge in [0, 0.05) is 0 Å². The molecule has 1 unspecified atom stereocenters. The van der Waals surface area contributed by atoms with Crippen LogP contribution in [0.25, 0.3) is 0 Å². The van der Waals surface area contributed by atoms with E-state index >= 15 is 0 Å². The molecule has 20 heavy (non-hydrogen) atoms. The first-order valence-corrected chi connectivity index (χ1v) is 7.52. The van der Waals surface area contributed by atoms with Gasteiger partial charge in [-0.05, 0) is 47.9 Å². The highest BCUT2D eigenvalue weighted by Gasteiger charge is 2.09. The van der Waals surface area contributed by atoms with E-state index in [1.54, 1.807) is 0 Å². The molecule has 2 rings (SSSR count). The predicted octanol–water partition coefficient (Wildman–Crippen LogP) is 4.17. The zero-order chi connectivity index (χ0) is 14.4. The molecule has 0 saturated heterocycles. The van der Waals surface area contributed by atoms with Crippen molar-refractivity contribution in [3.63, 3.8) is 0 Å². The summed E-state index contributed by atoms with van der Waals surface area (Å²) >= 11 is 0. The summed E-state index contributed by atoms with van der Waals surface area (Å²) < 4.78 is 0. The van der Waals surface area contributed by atoms with E-state index in [9.17, 15) is 0 Å². The minimum atomic E-state index is 0.516. The molecule has 0 saturated carbocycles. The molecule has 0 aliphatic rings. The van der Waals surface area contributed by atoms with Gasteiger partial charge in [-0.15, -0.1) is 0 Å². The zero-order valence-corrected chi connectivity index (χ0v) is 12.5. The lowest BCUT2D eigenvalue weighted by Crippen LogP contribution is -2.19. The molecule has 0 bridgehead atoms. The van der Waals surface area contributed by atoms with E-state index in [1.807, 2.05) is 0 Å². The summed E-state index contributed by atoms with van der Waals surface area (Å²) in [5.41, 5.74) is 10.1. The van der Waals surface area contributed by atoms with E-state index in [1.165, 1.54) is 16.7 Å². The third-order valence-corrected chi connectivity index (χ3v) is 3.87. The van der Waals surface area contributed by atoms with Crippen molar-refractivity contribution in [3.05, 3.63) is 71.3 Å². The maximum absolute atomic E-state index is 5.95. The Balaban J connectivity index is 1.99. The molecule has 0 spiro atoms. The van der Waals surface area contributed by atoms with Gasteiger partial charge >= 0.3 is 0 Å². The van der Waals surface area contributed by atoms with Crippen molar-refractivity contribution in [3.8, 4) is 0 Å². The summed E-state index contributed by atoms with van der Waals surface area (Å²) in [5, 5.41) is 0. The Morgan fingerprint density at radius 1 is 0.800 bits per heavy atom. The molecular weight excluding hydrogens is 242 g/mol. The molecule has 0 aliphatic carbocycles. The molecule has 0 fully saturated rings. The van der Waals surface area contributed by atoms with Crippen LogP contribution in [0.5, 0.6) is 0 Å². The second-order valence-electron chi connectivity index (χ2n) is 5.89. The summed E-state index contributed by atoms with van der Waals surface area (Å²) in [6, 6.07) is 19.6. The van der Waals surface area contributed by atoms with Crippen LogP contribution in [-0.2, 0) is 12.8 Å². The number of benzene rings is 2. The predicted molar refractivity (Wildman–Crippen MR) is 86.9 cm³/mol. The lowest BCUT2D eigenvalue weighted by atomic mass is 9.91. The third kappa shape index (κ3) is 4.21.